The van der Waals surface area contributed by atoms with Crippen molar-refractivity contribution in [2.45, 2.75) is 12.6 Å². The second-order valence-electron chi connectivity index (χ2n) is 4.70. The first kappa shape index (κ1) is 14.5. The van der Waals surface area contributed by atoms with Gasteiger partial charge in [0.25, 0.3) is 0 Å². The quantitative estimate of drug-likeness (QED) is 0.809. The number of rotatable bonds is 3. The van der Waals surface area contributed by atoms with E-state index in [1.165, 1.54) is 29.0 Å². The van der Waals surface area contributed by atoms with Crippen LogP contribution in [0.5, 0.6) is 0 Å². The van der Waals surface area contributed by atoms with Gasteiger partial charge in [0.1, 0.15) is 11.3 Å². The van der Waals surface area contributed by atoms with Gasteiger partial charge in [-0.25, -0.2) is 9.97 Å². The Labute approximate surface area is 123 Å². The number of aliphatic hydroxyl groups excluding tert-OH is 1. The van der Waals surface area contributed by atoms with E-state index in [4.69, 9.17) is 5.11 Å². The lowest BCUT2D eigenvalue weighted by Gasteiger charge is -2.15. The summed E-state index contributed by atoms with van der Waals surface area (Å²) in [5.41, 5.74) is 0.0179. The Bertz CT molecular complexity index is 811. The van der Waals surface area contributed by atoms with Gasteiger partial charge in [-0.05, 0) is 24.3 Å². The maximum absolute atomic E-state index is 13.3. The normalized spacial score (nSPS) is 12.0. The van der Waals surface area contributed by atoms with Crippen molar-refractivity contribution in [1.29, 1.82) is 0 Å². The SMILES string of the molecule is OCCc1nc2cccnc2n1-c1ccccc1C(F)(F)F. The van der Waals surface area contributed by atoms with Gasteiger partial charge in [0.05, 0.1) is 17.9 Å². The molecule has 0 unspecified atom stereocenters. The van der Waals surface area contributed by atoms with Crippen molar-refractivity contribution in [2.24, 2.45) is 0 Å². The highest BCUT2D eigenvalue weighted by Crippen LogP contribution is 2.35. The summed E-state index contributed by atoms with van der Waals surface area (Å²) in [5, 5.41) is 9.15. The Morgan fingerprint density at radius 1 is 1.09 bits per heavy atom. The molecule has 22 heavy (non-hydrogen) atoms. The summed E-state index contributed by atoms with van der Waals surface area (Å²) < 4.78 is 41.1. The van der Waals surface area contributed by atoms with Gasteiger partial charge in [0, 0.05) is 12.6 Å². The molecule has 1 N–H and O–H groups in total. The highest BCUT2D eigenvalue weighted by molar-refractivity contribution is 5.74. The average molecular weight is 307 g/mol. The van der Waals surface area contributed by atoms with E-state index < -0.39 is 11.7 Å². The molecule has 0 radical (unpaired) electrons. The lowest BCUT2D eigenvalue weighted by Crippen LogP contribution is -2.13. The first-order chi connectivity index (χ1) is 10.5. The largest absolute Gasteiger partial charge is 0.418 e. The number of hydrogen-bond donors (Lipinski definition) is 1. The minimum absolute atomic E-state index is 0.0420. The minimum atomic E-state index is -4.49. The zero-order chi connectivity index (χ0) is 15.7. The van der Waals surface area contributed by atoms with Crippen molar-refractivity contribution in [3.8, 4) is 5.69 Å². The monoisotopic (exact) mass is 307 g/mol. The third-order valence-electron chi connectivity index (χ3n) is 3.27. The fourth-order valence-corrected chi connectivity index (χ4v) is 2.39. The van der Waals surface area contributed by atoms with E-state index in [9.17, 15) is 13.2 Å². The molecule has 0 saturated carbocycles. The first-order valence-corrected chi connectivity index (χ1v) is 6.62. The van der Waals surface area contributed by atoms with Gasteiger partial charge in [-0.3, -0.25) is 4.57 Å². The maximum Gasteiger partial charge on any atom is 0.418 e. The van der Waals surface area contributed by atoms with E-state index in [0.29, 0.717) is 17.0 Å². The van der Waals surface area contributed by atoms with E-state index in [1.54, 1.807) is 12.1 Å². The van der Waals surface area contributed by atoms with Gasteiger partial charge in [0.15, 0.2) is 5.65 Å². The molecular weight excluding hydrogens is 295 g/mol. The molecule has 4 nitrogen and oxygen atoms in total. The molecule has 3 aromatic rings. The summed E-state index contributed by atoms with van der Waals surface area (Å²) in [5.74, 6) is 0.341. The van der Waals surface area contributed by atoms with Crippen LogP contribution in [0.25, 0.3) is 16.9 Å². The predicted molar refractivity (Wildman–Crippen MR) is 74.7 cm³/mol. The molecule has 0 fully saturated rings. The Morgan fingerprint density at radius 2 is 1.86 bits per heavy atom. The van der Waals surface area contributed by atoms with Crippen LogP contribution in [0.3, 0.4) is 0 Å². The van der Waals surface area contributed by atoms with Crippen LogP contribution in [-0.2, 0) is 12.6 Å². The Morgan fingerprint density at radius 3 is 2.59 bits per heavy atom. The molecular formula is C15H12F3N3O. The topological polar surface area (TPSA) is 50.9 Å². The molecule has 114 valence electrons. The number of para-hydroxylation sites is 1. The number of aromatic nitrogens is 3. The minimum Gasteiger partial charge on any atom is -0.396 e. The van der Waals surface area contributed by atoms with Crippen LogP contribution < -0.4 is 0 Å². The van der Waals surface area contributed by atoms with Crippen molar-refractivity contribution >= 4 is 11.2 Å². The van der Waals surface area contributed by atoms with Crippen molar-refractivity contribution in [3.05, 3.63) is 54.0 Å². The number of alkyl halides is 3. The van der Waals surface area contributed by atoms with Gasteiger partial charge < -0.3 is 5.11 Å². The summed E-state index contributed by atoms with van der Waals surface area (Å²) in [4.78, 5) is 8.41. The number of fused-ring (bicyclic) bond motifs is 1. The number of pyridine rings is 1. The van der Waals surface area contributed by atoms with E-state index in [0.717, 1.165) is 6.07 Å². The van der Waals surface area contributed by atoms with E-state index in [2.05, 4.69) is 9.97 Å². The Kier molecular flexibility index (Phi) is 3.58. The van der Waals surface area contributed by atoms with E-state index in [1.807, 2.05) is 0 Å². The molecule has 0 aliphatic heterocycles. The van der Waals surface area contributed by atoms with Gasteiger partial charge in [0.2, 0.25) is 0 Å². The van der Waals surface area contributed by atoms with Crippen LogP contribution in [0.4, 0.5) is 13.2 Å². The standard InChI is InChI=1S/C15H12F3N3O/c16-15(17,18)10-4-1-2-6-12(10)21-13(7-9-22)20-11-5-3-8-19-14(11)21/h1-6,8,22H,7,9H2. The summed E-state index contributed by atoms with van der Waals surface area (Å²) in [6.07, 6.45) is -2.85. The number of aliphatic hydroxyl groups is 1. The average Bonchev–Trinajstić information content (AvgIpc) is 2.84. The molecule has 7 heteroatoms. The first-order valence-electron chi connectivity index (χ1n) is 6.62. The van der Waals surface area contributed by atoms with Gasteiger partial charge in [-0.15, -0.1) is 0 Å². The third-order valence-corrected chi connectivity index (χ3v) is 3.27. The van der Waals surface area contributed by atoms with Crippen LogP contribution in [0.15, 0.2) is 42.6 Å². The smallest absolute Gasteiger partial charge is 0.396 e. The van der Waals surface area contributed by atoms with Crippen LogP contribution in [0.2, 0.25) is 0 Å². The fraction of sp³-hybridized carbons (Fsp3) is 0.200. The molecule has 1 aromatic carbocycles. The summed E-state index contributed by atoms with van der Waals surface area (Å²) >= 11 is 0. The molecule has 0 bridgehead atoms. The van der Waals surface area contributed by atoms with Crippen molar-refractivity contribution in [3.63, 3.8) is 0 Å². The molecule has 0 atom stereocenters. The van der Waals surface area contributed by atoms with E-state index >= 15 is 0 Å². The van der Waals surface area contributed by atoms with Gasteiger partial charge >= 0.3 is 6.18 Å². The van der Waals surface area contributed by atoms with Gasteiger partial charge in [-0.2, -0.15) is 13.2 Å². The number of halogens is 3. The zero-order valence-corrected chi connectivity index (χ0v) is 11.4. The molecule has 0 spiro atoms. The van der Waals surface area contributed by atoms with E-state index in [-0.39, 0.29) is 18.7 Å². The second-order valence-corrected chi connectivity index (χ2v) is 4.70. The van der Waals surface area contributed by atoms with Crippen LogP contribution in [-0.4, -0.2) is 26.2 Å². The molecule has 3 rings (SSSR count). The summed E-state index contributed by atoms with van der Waals surface area (Å²) in [7, 11) is 0. The molecule has 0 aliphatic rings. The molecule has 2 heterocycles. The number of nitrogens with zero attached hydrogens (tertiary/aromatic N) is 3. The second kappa shape index (κ2) is 5.42. The van der Waals surface area contributed by atoms with Crippen molar-refractivity contribution < 1.29 is 18.3 Å². The van der Waals surface area contributed by atoms with Crippen molar-refractivity contribution in [2.75, 3.05) is 6.61 Å². The number of benzene rings is 1. The zero-order valence-electron chi connectivity index (χ0n) is 11.4. The van der Waals surface area contributed by atoms with Crippen LogP contribution in [0, 0.1) is 0 Å². The predicted octanol–water partition coefficient (Wildman–Crippen LogP) is 2.97. The van der Waals surface area contributed by atoms with Crippen molar-refractivity contribution in [1.82, 2.24) is 14.5 Å². The van der Waals surface area contributed by atoms with Crippen LogP contribution in [0.1, 0.15) is 11.4 Å². The highest BCUT2D eigenvalue weighted by Gasteiger charge is 2.34. The molecule has 2 aromatic heterocycles. The molecule has 0 saturated heterocycles. The summed E-state index contributed by atoms with van der Waals surface area (Å²) in [6.45, 7) is -0.211. The maximum atomic E-state index is 13.3. The fourth-order valence-electron chi connectivity index (χ4n) is 2.39. The molecule has 0 aliphatic carbocycles. The molecule has 0 amide bonds. The van der Waals surface area contributed by atoms with Gasteiger partial charge in [-0.1, -0.05) is 12.1 Å². The Hall–Kier alpha value is -2.41. The third kappa shape index (κ3) is 2.43. The number of hydrogen-bond acceptors (Lipinski definition) is 3. The lowest BCUT2D eigenvalue weighted by molar-refractivity contribution is -0.137. The van der Waals surface area contributed by atoms with Crippen LogP contribution >= 0.6 is 0 Å². The number of imidazole rings is 1. The Balaban J connectivity index is 2.33. The highest BCUT2D eigenvalue weighted by atomic mass is 19.4. The lowest BCUT2D eigenvalue weighted by atomic mass is 10.1. The summed E-state index contributed by atoms with van der Waals surface area (Å²) in [6, 6.07) is 8.60.